The Labute approximate surface area is 120 Å². The molecule has 108 valence electrons. The summed E-state index contributed by atoms with van der Waals surface area (Å²) in [6.45, 7) is 5.65. The lowest BCUT2D eigenvalue weighted by Crippen LogP contribution is -2.31. The zero-order valence-electron chi connectivity index (χ0n) is 11.6. The van der Waals surface area contributed by atoms with E-state index in [0.29, 0.717) is 11.0 Å². The van der Waals surface area contributed by atoms with Crippen LogP contribution in [0.15, 0.2) is 21.9 Å². The number of nitrogens with zero attached hydrogens (tertiary/aromatic N) is 3. The Morgan fingerprint density at radius 1 is 1.55 bits per heavy atom. The second-order valence-electron chi connectivity index (χ2n) is 4.58. The Morgan fingerprint density at radius 3 is 2.90 bits per heavy atom. The number of nitrogens with two attached hydrogens (primary N) is 1. The molecule has 0 saturated heterocycles. The third-order valence-electron chi connectivity index (χ3n) is 2.55. The number of hydrogen-bond donors (Lipinski definition) is 2. The van der Waals surface area contributed by atoms with Gasteiger partial charge in [0.25, 0.3) is 0 Å². The van der Waals surface area contributed by atoms with Crippen molar-refractivity contribution in [3.05, 3.63) is 18.1 Å². The average Bonchev–Trinajstić information content (AvgIpc) is 2.92. The number of rotatable bonds is 5. The molecule has 0 unspecified atom stereocenters. The van der Waals surface area contributed by atoms with E-state index in [-0.39, 0.29) is 17.7 Å². The van der Waals surface area contributed by atoms with Crippen LogP contribution in [0.3, 0.4) is 0 Å². The molecular formula is C12H17N5O2S. The topological polar surface area (TPSA) is 99.0 Å². The zero-order chi connectivity index (χ0) is 14.7. The molecule has 0 spiro atoms. The number of aromatic nitrogens is 3. The smallest absolute Gasteiger partial charge is 0.230 e. The van der Waals surface area contributed by atoms with Gasteiger partial charge in [0.05, 0.1) is 17.6 Å². The number of amides is 1. The molecule has 2 rings (SSSR count). The van der Waals surface area contributed by atoms with Crippen molar-refractivity contribution in [2.45, 2.75) is 32.0 Å². The van der Waals surface area contributed by atoms with Crippen LogP contribution in [0.5, 0.6) is 0 Å². The summed E-state index contributed by atoms with van der Waals surface area (Å²) in [4.78, 5) is 11.6. The summed E-state index contributed by atoms with van der Waals surface area (Å²) in [6.07, 6.45) is 1.57. The fourth-order valence-corrected chi connectivity index (χ4v) is 2.34. The third kappa shape index (κ3) is 3.13. The number of nitrogens with one attached hydrogen (secondary N) is 1. The molecule has 0 bridgehead atoms. The average molecular weight is 295 g/mol. The molecule has 8 heteroatoms. The molecule has 20 heavy (non-hydrogen) atoms. The molecule has 7 nitrogen and oxygen atoms in total. The normalized spacial score (nSPS) is 11.0. The Hall–Kier alpha value is -1.96. The predicted molar refractivity (Wildman–Crippen MR) is 76.6 cm³/mol. The third-order valence-corrected chi connectivity index (χ3v) is 3.49. The predicted octanol–water partition coefficient (Wildman–Crippen LogP) is 1.18. The molecule has 2 aromatic heterocycles. The summed E-state index contributed by atoms with van der Waals surface area (Å²) < 4.78 is 6.58. The number of hydrogen-bond acceptors (Lipinski definition) is 6. The minimum Gasteiger partial charge on any atom is -0.469 e. The zero-order valence-corrected chi connectivity index (χ0v) is 12.4. The van der Waals surface area contributed by atoms with Gasteiger partial charge in [0.2, 0.25) is 11.1 Å². The van der Waals surface area contributed by atoms with E-state index in [0.717, 1.165) is 11.3 Å². The maximum Gasteiger partial charge on any atom is 0.230 e. The molecule has 0 aliphatic heterocycles. The molecule has 3 N–H and O–H groups in total. The number of thioether (sulfide) groups is 1. The monoisotopic (exact) mass is 295 g/mol. The van der Waals surface area contributed by atoms with E-state index >= 15 is 0 Å². The lowest BCUT2D eigenvalue weighted by molar-refractivity contribution is -0.119. The van der Waals surface area contributed by atoms with Crippen molar-refractivity contribution in [3.63, 3.8) is 0 Å². The van der Waals surface area contributed by atoms with Gasteiger partial charge in [0, 0.05) is 6.04 Å². The second-order valence-corrected chi connectivity index (χ2v) is 5.52. The van der Waals surface area contributed by atoms with Crippen molar-refractivity contribution in [1.29, 1.82) is 0 Å². The standard InChI is InChI=1S/C12H17N5O2S/c1-7(2)14-10(18)6-20-12-16-15-11(17(12)13)9-4-5-19-8(9)3/h4-5,7H,6,13H2,1-3H3,(H,14,18). The van der Waals surface area contributed by atoms with Gasteiger partial charge in [-0.05, 0) is 26.8 Å². The van der Waals surface area contributed by atoms with Crippen LogP contribution in [-0.4, -0.2) is 32.6 Å². The highest BCUT2D eigenvalue weighted by Gasteiger charge is 2.16. The molecule has 0 atom stereocenters. The number of furan rings is 1. The summed E-state index contributed by atoms with van der Waals surface area (Å²) >= 11 is 1.24. The van der Waals surface area contributed by atoms with E-state index in [4.69, 9.17) is 10.3 Å². The van der Waals surface area contributed by atoms with Gasteiger partial charge in [-0.25, -0.2) is 4.68 Å². The first-order chi connectivity index (χ1) is 9.49. The molecule has 0 aliphatic carbocycles. The fourth-order valence-electron chi connectivity index (χ4n) is 1.67. The van der Waals surface area contributed by atoms with E-state index in [1.54, 1.807) is 12.3 Å². The van der Waals surface area contributed by atoms with Gasteiger partial charge in [-0.15, -0.1) is 10.2 Å². The van der Waals surface area contributed by atoms with Crippen molar-refractivity contribution in [2.24, 2.45) is 0 Å². The van der Waals surface area contributed by atoms with Gasteiger partial charge < -0.3 is 15.6 Å². The molecule has 0 fully saturated rings. The quantitative estimate of drug-likeness (QED) is 0.634. The van der Waals surface area contributed by atoms with Gasteiger partial charge in [-0.3, -0.25) is 4.79 Å². The first-order valence-corrected chi connectivity index (χ1v) is 7.14. The number of aryl methyl sites for hydroxylation is 1. The van der Waals surface area contributed by atoms with Crippen molar-refractivity contribution in [2.75, 3.05) is 11.6 Å². The van der Waals surface area contributed by atoms with Crippen molar-refractivity contribution in [3.8, 4) is 11.4 Å². The molecule has 0 radical (unpaired) electrons. The van der Waals surface area contributed by atoms with Crippen LogP contribution in [0.1, 0.15) is 19.6 Å². The minimum atomic E-state index is -0.0611. The lowest BCUT2D eigenvalue weighted by atomic mass is 10.2. The molecule has 0 saturated carbocycles. The summed E-state index contributed by atoms with van der Waals surface area (Å²) in [5.74, 6) is 7.37. The first-order valence-electron chi connectivity index (χ1n) is 6.16. The minimum absolute atomic E-state index is 0.0611. The van der Waals surface area contributed by atoms with Crippen LogP contribution in [0.2, 0.25) is 0 Å². The van der Waals surface area contributed by atoms with Gasteiger partial charge in [-0.1, -0.05) is 11.8 Å². The fraction of sp³-hybridized carbons (Fsp3) is 0.417. The molecule has 0 aromatic carbocycles. The van der Waals surface area contributed by atoms with Crippen LogP contribution in [0.25, 0.3) is 11.4 Å². The highest BCUT2D eigenvalue weighted by Crippen LogP contribution is 2.24. The van der Waals surface area contributed by atoms with E-state index in [2.05, 4.69) is 15.5 Å². The van der Waals surface area contributed by atoms with E-state index in [1.165, 1.54) is 16.4 Å². The van der Waals surface area contributed by atoms with Crippen LogP contribution in [0.4, 0.5) is 0 Å². The molecule has 2 aromatic rings. The van der Waals surface area contributed by atoms with E-state index < -0.39 is 0 Å². The number of carbonyl (C=O) groups excluding carboxylic acids is 1. The maximum atomic E-state index is 11.6. The molecule has 1 amide bonds. The van der Waals surface area contributed by atoms with E-state index in [1.807, 2.05) is 20.8 Å². The summed E-state index contributed by atoms with van der Waals surface area (Å²) in [6, 6.07) is 1.89. The Balaban J connectivity index is 2.06. The SMILES string of the molecule is Cc1occc1-c1nnc(SCC(=O)NC(C)C)n1N. The van der Waals surface area contributed by atoms with Crippen LogP contribution in [0, 0.1) is 6.92 Å². The first kappa shape index (κ1) is 14.4. The largest absolute Gasteiger partial charge is 0.469 e. The Morgan fingerprint density at radius 2 is 2.30 bits per heavy atom. The highest BCUT2D eigenvalue weighted by atomic mass is 32.2. The maximum absolute atomic E-state index is 11.6. The molecule has 2 heterocycles. The number of carbonyl (C=O) groups is 1. The van der Waals surface area contributed by atoms with Gasteiger partial charge in [0.15, 0.2) is 5.82 Å². The van der Waals surface area contributed by atoms with Gasteiger partial charge >= 0.3 is 0 Å². The molecule has 0 aliphatic rings. The summed E-state index contributed by atoms with van der Waals surface area (Å²) in [7, 11) is 0. The lowest BCUT2D eigenvalue weighted by Gasteiger charge is -2.07. The van der Waals surface area contributed by atoms with Crippen LogP contribution >= 0.6 is 11.8 Å². The highest BCUT2D eigenvalue weighted by molar-refractivity contribution is 7.99. The van der Waals surface area contributed by atoms with Crippen molar-refractivity contribution in [1.82, 2.24) is 20.2 Å². The summed E-state index contributed by atoms with van der Waals surface area (Å²) in [5, 5.41) is 11.3. The second kappa shape index (κ2) is 6.00. The number of nitrogen functional groups attached to an aromatic ring is 1. The molecular weight excluding hydrogens is 278 g/mol. The Kier molecular flexibility index (Phi) is 4.33. The van der Waals surface area contributed by atoms with Gasteiger partial charge in [0.1, 0.15) is 5.76 Å². The van der Waals surface area contributed by atoms with Crippen molar-refractivity contribution < 1.29 is 9.21 Å². The van der Waals surface area contributed by atoms with Gasteiger partial charge in [-0.2, -0.15) is 0 Å². The van der Waals surface area contributed by atoms with E-state index in [9.17, 15) is 4.79 Å². The van der Waals surface area contributed by atoms with Crippen LogP contribution < -0.4 is 11.2 Å². The Bertz CT molecular complexity index is 605. The summed E-state index contributed by atoms with van der Waals surface area (Å²) in [5.41, 5.74) is 0.790. The van der Waals surface area contributed by atoms with Crippen molar-refractivity contribution >= 4 is 17.7 Å². The van der Waals surface area contributed by atoms with Crippen LogP contribution in [-0.2, 0) is 4.79 Å².